The van der Waals surface area contributed by atoms with Crippen molar-refractivity contribution in [2.45, 2.75) is 13.0 Å². The van der Waals surface area contributed by atoms with Gasteiger partial charge in [-0.2, -0.15) is 0 Å². The highest BCUT2D eigenvalue weighted by Gasteiger charge is 2.21. The largest absolute Gasteiger partial charge is 0.496 e. The lowest BCUT2D eigenvalue weighted by molar-refractivity contribution is 0.394. The molecule has 2 aromatic rings. The molecule has 21 heavy (non-hydrogen) atoms. The average Bonchev–Trinajstić information content (AvgIpc) is 2.49. The predicted octanol–water partition coefficient (Wildman–Crippen LogP) is 3.22. The van der Waals surface area contributed by atoms with Crippen molar-refractivity contribution >= 4 is 11.6 Å². The van der Waals surface area contributed by atoms with E-state index >= 15 is 0 Å². The summed E-state index contributed by atoms with van der Waals surface area (Å²) >= 11 is 6.02. The Bertz CT molecular complexity index is 632. The third-order valence-electron chi connectivity index (χ3n) is 3.37. The lowest BCUT2D eigenvalue weighted by Gasteiger charge is -2.22. The number of hydrogen-bond acceptors (Lipinski definition) is 4. The number of nitrogens with one attached hydrogen (secondary N) is 1. The second kappa shape index (κ2) is 6.80. The summed E-state index contributed by atoms with van der Waals surface area (Å²) in [4.78, 5) is 0. The fourth-order valence-electron chi connectivity index (χ4n) is 2.35. The molecule has 2 rings (SSSR count). The highest BCUT2D eigenvalue weighted by molar-refractivity contribution is 6.30. The molecule has 112 valence electrons. The number of methoxy groups -OCH3 is 2. The molecule has 4 nitrogen and oxygen atoms in total. The molecule has 0 amide bonds. The summed E-state index contributed by atoms with van der Waals surface area (Å²) < 4.78 is 10.9. The molecule has 5 heteroatoms. The van der Waals surface area contributed by atoms with Crippen LogP contribution in [0.3, 0.4) is 0 Å². The fourth-order valence-corrected chi connectivity index (χ4v) is 2.51. The van der Waals surface area contributed by atoms with Crippen LogP contribution in [0.1, 0.15) is 22.7 Å². The number of rotatable bonds is 5. The minimum atomic E-state index is -0.257. The maximum absolute atomic E-state index is 6.02. The lowest BCUT2D eigenvalue weighted by Crippen LogP contribution is -2.29. The molecule has 3 N–H and O–H groups in total. The first-order valence-electron chi connectivity index (χ1n) is 6.54. The molecule has 2 aromatic carbocycles. The van der Waals surface area contributed by atoms with E-state index < -0.39 is 0 Å². The Balaban J connectivity index is 2.57. The van der Waals surface area contributed by atoms with Crippen molar-refractivity contribution in [3.8, 4) is 11.5 Å². The second-order valence-electron chi connectivity index (χ2n) is 4.73. The molecule has 0 heterocycles. The summed E-state index contributed by atoms with van der Waals surface area (Å²) in [6.07, 6.45) is 0. The Kier molecular flexibility index (Phi) is 5.07. The minimum absolute atomic E-state index is 0.257. The van der Waals surface area contributed by atoms with Crippen molar-refractivity contribution in [3.63, 3.8) is 0 Å². The van der Waals surface area contributed by atoms with Gasteiger partial charge in [0, 0.05) is 16.1 Å². The number of hydrazine groups is 1. The van der Waals surface area contributed by atoms with Crippen molar-refractivity contribution in [2.24, 2.45) is 5.84 Å². The van der Waals surface area contributed by atoms with Crippen LogP contribution in [0, 0.1) is 6.92 Å². The van der Waals surface area contributed by atoms with E-state index in [1.54, 1.807) is 20.3 Å². The Labute approximate surface area is 129 Å². The average molecular weight is 307 g/mol. The van der Waals surface area contributed by atoms with Gasteiger partial charge in [-0.05, 0) is 25.1 Å². The molecule has 0 saturated heterocycles. The smallest absolute Gasteiger partial charge is 0.125 e. The van der Waals surface area contributed by atoms with Gasteiger partial charge >= 0.3 is 0 Å². The van der Waals surface area contributed by atoms with Gasteiger partial charge in [0.25, 0.3) is 0 Å². The van der Waals surface area contributed by atoms with Crippen molar-refractivity contribution in [1.82, 2.24) is 5.43 Å². The van der Waals surface area contributed by atoms with Crippen molar-refractivity contribution in [1.29, 1.82) is 0 Å². The molecule has 0 spiro atoms. The van der Waals surface area contributed by atoms with E-state index in [4.69, 9.17) is 26.9 Å². The van der Waals surface area contributed by atoms with E-state index in [-0.39, 0.29) is 6.04 Å². The van der Waals surface area contributed by atoms with Crippen molar-refractivity contribution in [2.75, 3.05) is 14.2 Å². The molecular weight excluding hydrogens is 288 g/mol. The first-order valence-corrected chi connectivity index (χ1v) is 6.92. The Morgan fingerprint density at radius 2 is 1.71 bits per heavy atom. The van der Waals surface area contributed by atoms with Gasteiger partial charge in [0.1, 0.15) is 11.5 Å². The third kappa shape index (κ3) is 3.29. The molecule has 0 aliphatic rings. The molecule has 0 aliphatic carbocycles. The predicted molar refractivity (Wildman–Crippen MR) is 84.9 cm³/mol. The van der Waals surface area contributed by atoms with Crippen molar-refractivity contribution < 1.29 is 9.47 Å². The van der Waals surface area contributed by atoms with E-state index in [1.165, 1.54) is 0 Å². The molecule has 0 radical (unpaired) electrons. The maximum Gasteiger partial charge on any atom is 0.125 e. The minimum Gasteiger partial charge on any atom is -0.496 e. The SMILES string of the molecule is COc1cc(Cl)ccc1C(NN)c1cc(C)ccc1OC. The van der Waals surface area contributed by atoms with E-state index in [9.17, 15) is 0 Å². The van der Waals surface area contributed by atoms with Crippen LogP contribution in [0.15, 0.2) is 36.4 Å². The highest BCUT2D eigenvalue weighted by atomic mass is 35.5. The topological polar surface area (TPSA) is 56.5 Å². The van der Waals surface area contributed by atoms with Crippen LogP contribution in [-0.2, 0) is 0 Å². The number of benzene rings is 2. The number of hydrogen-bond donors (Lipinski definition) is 2. The van der Waals surface area contributed by atoms with Crippen LogP contribution < -0.4 is 20.7 Å². The fraction of sp³-hybridized carbons (Fsp3) is 0.250. The molecule has 0 saturated carbocycles. The quantitative estimate of drug-likeness (QED) is 0.658. The summed E-state index contributed by atoms with van der Waals surface area (Å²) in [5.74, 6) is 7.22. The standard InChI is InChI=1S/C16H19ClN2O2/c1-10-4-7-14(20-2)13(8-10)16(19-18)12-6-5-11(17)9-15(12)21-3/h4-9,16,19H,18H2,1-3H3. The summed E-state index contributed by atoms with van der Waals surface area (Å²) in [7, 11) is 3.25. The van der Waals surface area contributed by atoms with Crippen LogP contribution >= 0.6 is 11.6 Å². The molecular formula is C16H19ClN2O2. The molecule has 0 aliphatic heterocycles. The van der Waals surface area contributed by atoms with Gasteiger partial charge in [-0.3, -0.25) is 5.84 Å². The summed E-state index contributed by atoms with van der Waals surface area (Å²) in [5, 5.41) is 0.613. The van der Waals surface area contributed by atoms with E-state index in [2.05, 4.69) is 5.43 Å². The molecule has 1 unspecified atom stereocenters. The second-order valence-corrected chi connectivity index (χ2v) is 5.17. The van der Waals surface area contributed by atoms with Gasteiger partial charge in [-0.15, -0.1) is 0 Å². The molecule has 0 fully saturated rings. The van der Waals surface area contributed by atoms with E-state index in [0.717, 1.165) is 22.4 Å². The van der Waals surface area contributed by atoms with Crippen LogP contribution in [0.25, 0.3) is 0 Å². The molecule has 0 bridgehead atoms. The highest BCUT2D eigenvalue weighted by Crippen LogP contribution is 2.36. The number of nitrogens with two attached hydrogens (primary N) is 1. The summed E-state index contributed by atoms with van der Waals surface area (Å²) in [5.41, 5.74) is 5.79. The maximum atomic E-state index is 6.02. The zero-order chi connectivity index (χ0) is 15.4. The number of ether oxygens (including phenoxy) is 2. The normalized spacial score (nSPS) is 12.0. The molecule has 0 aromatic heterocycles. The summed E-state index contributed by atoms with van der Waals surface area (Å²) in [6.45, 7) is 2.02. The first kappa shape index (κ1) is 15.6. The van der Waals surface area contributed by atoms with Crippen LogP contribution in [0.4, 0.5) is 0 Å². The lowest BCUT2D eigenvalue weighted by atomic mass is 9.96. The zero-order valence-electron chi connectivity index (χ0n) is 12.3. The Morgan fingerprint density at radius 1 is 1.00 bits per heavy atom. The van der Waals surface area contributed by atoms with Crippen molar-refractivity contribution in [3.05, 3.63) is 58.1 Å². The van der Waals surface area contributed by atoms with E-state index in [1.807, 2.05) is 37.3 Å². The first-order chi connectivity index (χ1) is 10.1. The van der Waals surface area contributed by atoms with Crippen LogP contribution in [0.5, 0.6) is 11.5 Å². The Hall–Kier alpha value is -1.75. The number of aryl methyl sites for hydroxylation is 1. The third-order valence-corrected chi connectivity index (χ3v) is 3.60. The van der Waals surface area contributed by atoms with Gasteiger partial charge in [0.05, 0.1) is 20.3 Å². The van der Waals surface area contributed by atoms with E-state index in [0.29, 0.717) is 10.8 Å². The zero-order valence-corrected chi connectivity index (χ0v) is 13.1. The Morgan fingerprint density at radius 3 is 2.33 bits per heavy atom. The van der Waals surface area contributed by atoms with Crippen LogP contribution in [-0.4, -0.2) is 14.2 Å². The van der Waals surface area contributed by atoms with Gasteiger partial charge in [0.2, 0.25) is 0 Å². The van der Waals surface area contributed by atoms with Gasteiger partial charge in [-0.25, -0.2) is 5.43 Å². The number of halogens is 1. The monoisotopic (exact) mass is 306 g/mol. The molecule has 1 atom stereocenters. The van der Waals surface area contributed by atoms with Gasteiger partial charge in [0.15, 0.2) is 0 Å². The van der Waals surface area contributed by atoms with Gasteiger partial charge < -0.3 is 9.47 Å². The van der Waals surface area contributed by atoms with Crippen LogP contribution in [0.2, 0.25) is 5.02 Å². The van der Waals surface area contributed by atoms with Gasteiger partial charge in [-0.1, -0.05) is 35.4 Å². The summed E-state index contributed by atoms with van der Waals surface area (Å²) in [6, 6.07) is 11.2.